The van der Waals surface area contributed by atoms with Gasteiger partial charge < -0.3 is 14.7 Å². The third-order valence-electron chi connectivity index (χ3n) is 4.53. The largest absolute Gasteiger partial charge is 0.354 e. The van der Waals surface area contributed by atoms with E-state index in [4.69, 9.17) is 4.52 Å². The van der Waals surface area contributed by atoms with Gasteiger partial charge in [-0.15, -0.1) is 11.3 Å². The minimum absolute atomic E-state index is 0.127. The molecule has 10 heteroatoms. The lowest BCUT2D eigenvalue weighted by atomic mass is 10.2. The van der Waals surface area contributed by atoms with Crippen LogP contribution >= 0.6 is 11.3 Å². The first-order chi connectivity index (χ1) is 13.3. The Morgan fingerprint density at radius 1 is 1.29 bits per heavy atom. The summed E-state index contributed by atoms with van der Waals surface area (Å²) in [6.07, 6.45) is 3.80. The molecular formula is C18H24N4O4S2. The Labute approximate surface area is 168 Å². The SMILES string of the molecule is CCC(=O)Nc1c(C)noc1/C=C/c1ccc(S(=O)(=O)N2CCN(C)CC2)s1. The van der Waals surface area contributed by atoms with Gasteiger partial charge in [0.25, 0.3) is 10.0 Å². The molecule has 0 saturated carbocycles. The number of likely N-dealkylation sites (N-methyl/N-ethyl adjacent to an activating group) is 1. The van der Waals surface area contributed by atoms with E-state index in [9.17, 15) is 13.2 Å². The topological polar surface area (TPSA) is 95.8 Å². The number of nitrogens with one attached hydrogen (secondary N) is 1. The molecule has 0 aromatic carbocycles. The first-order valence-electron chi connectivity index (χ1n) is 9.04. The average Bonchev–Trinajstić information content (AvgIpc) is 3.28. The van der Waals surface area contributed by atoms with Crippen LogP contribution in [-0.4, -0.2) is 61.9 Å². The summed E-state index contributed by atoms with van der Waals surface area (Å²) in [6, 6.07) is 3.39. The van der Waals surface area contributed by atoms with Gasteiger partial charge in [-0.25, -0.2) is 8.42 Å². The van der Waals surface area contributed by atoms with Crippen LogP contribution in [0.2, 0.25) is 0 Å². The highest BCUT2D eigenvalue weighted by Crippen LogP contribution is 2.28. The smallest absolute Gasteiger partial charge is 0.252 e. The molecule has 1 aliphatic rings. The molecule has 0 atom stereocenters. The van der Waals surface area contributed by atoms with E-state index in [0.29, 0.717) is 40.9 Å². The van der Waals surface area contributed by atoms with Crippen molar-refractivity contribution in [2.45, 2.75) is 24.5 Å². The number of amides is 1. The lowest BCUT2D eigenvalue weighted by molar-refractivity contribution is -0.115. The number of aromatic nitrogens is 1. The second-order valence-electron chi connectivity index (χ2n) is 6.61. The van der Waals surface area contributed by atoms with Crippen molar-refractivity contribution in [3.8, 4) is 0 Å². The summed E-state index contributed by atoms with van der Waals surface area (Å²) in [5.41, 5.74) is 1.12. The van der Waals surface area contributed by atoms with Crippen molar-refractivity contribution in [2.75, 3.05) is 38.5 Å². The first kappa shape index (κ1) is 20.7. The van der Waals surface area contributed by atoms with Crippen molar-refractivity contribution >= 4 is 45.1 Å². The van der Waals surface area contributed by atoms with E-state index in [-0.39, 0.29) is 5.91 Å². The number of hydrogen-bond acceptors (Lipinski definition) is 7. The molecular weight excluding hydrogens is 400 g/mol. The molecule has 2 aromatic rings. The molecule has 0 bridgehead atoms. The second-order valence-corrected chi connectivity index (χ2v) is 9.89. The molecule has 8 nitrogen and oxygen atoms in total. The molecule has 1 saturated heterocycles. The highest BCUT2D eigenvalue weighted by molar-refractivity contribution is 7.91. The predicted octanol–water partition coefficient (Wildman–Crippen LogP) is 2.50. The Balaban J connectivity index is 1.76. The number of sulfonamides is 1. The standard InChI is InChI=1S/C18H24N4O4S2/c1-4-16(23)19-18-13(2)20-26-15(18)7-5-14-6-8-17(27-14)28(24,25)22-11-9-21(3)10-12-22/h5-8H,4,9-12H2,1-3H3,(H,19,23)/b7-5+. The van der Waals surface area contributed by atoms with E-state index in [2.05, 4.69) is 15.4 Å². The lowest BCUT2D eigenvalue weighted by Crippen LogP contribution is -2.46. The molecule has 3 heterocycles. The molecule has 3 rings (SSSR count). The van der Waals surface area contributed by atoms with E-state index in [1.165, 1.54) is 15.6 Å². The van der Waals surface area contributed by atoms with E-state index >= 15 is 0 Å². The normalized spacial score (nSPS) is 16.7. The highest BCUT2D eigenvalue weighted by atomic mass is 32.2. The first-order valence-corrected chi connectivity index (χ1v) is 11.3. The summed E-state index contributed by atoms with van der Waals surface area (Å²) in [5, 5.41) is 6.66. The summed E-state index contributed by atoms with van der Waals surface area (Å²) >= 11 is 1.21. The summed E-state index contributed by atoms with van der Waals surface area (Å²) in [4.78, 5) is 14.6. The maximum absolute atomic E-state index is 12.8. The summed E-state index contributed by atoms with van der Waals surface area (Å²) in [6.45, 7) is 5.97. The molecule has 1 N–H and O–H groups in total. The number of carbonyl (C=O) groups is 1. The molecule has 0 unspecified atom stereocenters. The van der Waals surface area contributed by atoms with Crippen molar-refractivity contribution in [2.24, 2.45) is 0 Å². The van der Waals surface area contributed by atoms with Crippen LogP contribution in [0.4, 0.5) is 5.69 Å². The fourth-order valence-electron chi connectivity index (χ4n) is 2.76. The van der Waals surface area contributed by atoms with Crippen LogP contribution in [0.3, 0.4) is 0 Å². The van der Waals surface area contributed by atoms with Crippen molar-refractivity contribution < 1.29 is 17.7 Å². The Hall–Kier alpha value is -2.01. The maximum Gasteiger partial charge on any atom is 0.252 e. The van der Waals surface area contributed by atoms with Crippen molar-refractivity contribution in [3.05, 3.63) is 28.5 Å². The van der Waals surface area contributed by atoms with Gasteiger partial charge in [0.05, 0.1) is 0 Å². The van der Waals surface area contributed by atoms with E-state index in [0.717, 1.165) is 18.0 Å². The third-order valence-corrected chi connectivity index (χ3v) is 7.95. The van der Waals surface area contributed by atoms with Crippen LogP contribution in [0, 0.1) is 6.92 Å². The fraction of sp³-hybridized carbons (Fsp3) is 0.444. The van der Waals surface area contributed by atoms with Crippen LogP contribution in [-0.2, 0) is 14.8 Å². The number of rotatable bonds is 6. The number of thiophene rings is 1. The summed E-state index contributed by atoms with van der Waals surface area (Å²) in [5.74, 6) is 0.300. The number of anilines is 1. The Kier molecular flexibility index (Phi) is 6.33. The molecule has 2 aromatic heterocycles. The predicted molar refractivity (Wildman–Crippen MR) is 110 cm³/mol. The van der Waals surface area contributed by atoms with Gasteiger partial charge in [0.1, 0.15) is 15.6 Å². The van der Waals surface area contributed by atoms with E-state index in [1.54, 1.807) is 38.1 Å². The third kappa shape index (κ3) is 4.52. The molecule has 0 spiro atoms. The van der Waals surface area contributed by atoms with Crippen LogP contribution in [0.5, 0.6) is 0 Å². The highest BCUT2D eigenvalue weighted by Gasteiger charge is 2.28. The Bertz CT molecular complexity index is 970. The molecule has 0 aliphatic carbocycles. The molecule has 1 fully saturated rings. The van der Waals surface area contributed by atoms with E-state index in [1.807, 2.05) is 7.05 Å². The van der Waals surface area contributed by atoms with Crippen molar-refractivity contribution in [1.82, 2.24) is 14.4 Å². The maximum atomic E-state index is 12.8. The van der Waals surface area contributed by atoms with Crippen LogP contribution in [0.15, 0.2) is 20.9 Å². The number of carbonyl (C=O) groups excluding carboxylic acids is 1. The monoisotopic (exact) mass is 424 g/mol. The minimum atomic E-state index is -3.47. The van der Waals surface area contributed by atoms with Crippen LogP contribution in [0.25, 0.3) is 12.2 Å². The second kappa shape index (κ2) is 8.56. The number of nitrogens with zero attached hydrogens (tertiary/aromatic N) is 3. The fourth-order valence-corrected chi connectivity index (χ4v) is 5.56. The van der Waals surface area contributed by atoms with Gasteiger partial charge in [-0.1, -0.05) is 12.1 Å². The summed E-state index contributed by atoms with van der Waals surface area (Å²) in [7, 11) is -1.49. The van der Waals surface area contributed by atoms with Gasteiger partial charge in [-0.05, 0) is 38.3 Å². The molecule has 152 valence electrons. The van der Waals surface area contributed by atoms with Gasteiger partial charge in [0.2, 0.25) is 5.91 Å². The zero-order chi connectivity index (χ0) is 20.3. The van der Waals surface area contributed by atoms with E-state index < -0.39 is 10.0 Å². The average molecular weight is 425 g/mol. The molecule has 1 aliphatic heterocycles. The molecule has 28 heavy (non-hydrogen) atoms. The molecule has 0 radical (unpaired) electrons. The number of hydrogen-bond donors (Lipinski definition) is 1. The van der Waals surface area contributed by atoms with Gasteiger partial charge in [-0.3, -0.25) is 4.79 Å². The van der Waals surface area contributed by atoms with Gasteiger partial charge >= 0.3 is 0 Å². The summed E-state index contributed by atoms with van der Waals surface area (Å²) < 4.78 is 32.7. The van der Waals surface area contributed by atoms with Gasteiger partial charge in [0, 0.05) is 37.5 Å². The zero-order valence-corrected chi connectivity index (χ0v) is 17.8. The molecule has 1 amide bonds. The lowest BCUT2D eigenvalue weighted by Gasteiger charge is -2.31. The number of piperazine rings is 1. The Morgan fingerprint density at radius 2 is 2.00 bits per heavy atom. The van der Waals surface area contributed by atoms with Gasteiger partial charge in [0.15, 0.2) is 5.76 Å². The van der Waals surface area contributed by atoms with Crippen LogP contribution in [0.1, 0.15) is 29.7 Å². The van der Waals surface area contributed by atoms with Gasteiger partial charge in [-0.2, -0.15) is 4.31 Å². The zero-order valence-electron chi connectivity index (χ0n) is 16.1. The quantitative estimate of drug-likeness (QED) is 0.765. The number of aryl methyl sites for hydroxylation is 1. The van der Waals surface area contributed by atoms with Crippen LogP contribution < -0.4 is 5.32 Å². The van der Waals surface area contributed by atoms with Crippen molar-refractivity contribution in [1.29, 1.82) is 0 Å². The minimum Gasteiger partial charge on any atom is -0.354 e. The van der Waals surface area contributed by atoms with Crippen molar-refractivity contribution in [3.63, 3.8) is 0 Å². The Morgan fingerprint density at radius 3 is 2.68 bits per heavy atom.